The highest BCUT2D eigenvalue weighted by atomic mass is 16.5. The summed E-state index contributed by atoms with van der Waals surface area (Å²) in [7, 11) is 1.57. The Morgan fingerprint density at radius 2 is 1.31 bits per heavy atom. The number of aliphatic hydroxyl groups is 5. The second kappa shape index (κ2) is 24.3. The first-order chi connectivity index (χ1) is 17.4. The zero-order chi connectivity index (χ0) is 27.0. The van der Waals surface area contributed by atoms with Gasteiger partial charge in [-0.25, -0.2) is 0 Å². The van der Waals surface area contributed by atoms with E-state index >= 15 is 0 Å². The molecule has 0 unspecified atom stereocenters. The van der Waals surface area contributed by atoms with Gasteiger partial charge in [0.2, 0.25) is 5.91 Å². The van der Waals surface area contributed by atoms with Gasteiger partial charge in [0.25, 0.3) is 0 Å². The van der Waals surface area contributed by atoms with Gasteiger partial charge >= 0.3 is 0 Å². The molecule has 214 valence electrons. The smallest absolute Gasteiger partial charge is 0.222 e. The number of carbonyl (C=O) groups is 1. The molecule has 0 fully saturated rings. The van der Waals surface area contributed by atoms with Crippen molar-refractivity contribution in [2.24, 2.45) is 0 Å². The van der Waals surface area contributed by atoms with Crippen LogP contribution in [0.4, 0.5) is 0 Å². The fourth-order valence-corrected chi connectivity index (χ4v) is 4.12. The van der Waals surface area contributed by atoms with Crippen LogP contribution in [0.2, 0.25) is 0 Å². The molecule has 4 atom stereocenters. The number of carbonyl (C=O) groups excluding carboxylic acids is 1. The lowest BCUT2D eigenvalue weighted by atomic mass is 10.0. The van der Waals surface area contributed by atoms with Crippen molar-refractivity contribution in [3.8, 4) is 0 Å². The summed E-state index contributed by atoms with van der Waals surface area (Å²) in [6.45, 7) is 2.16. The third kappa shape index (κ3) is 18.3. The fraction of sp³-hybridized carbons (Fsp3) is 0.893. The summed E-state index contributed by atoms with van der Waals surface area (Å²) in [6.07, 6.45) is 14.6. The fourth-order valence-electron chi connectivity index (χ4n) is 4.12. The highest BCUT2D eigenvalue weighted by Gasteiger charge is 2.31. The molecule has 0 rings (SSSR count). The normalized spacial score (nSPS) is 15.2. The number of ether oxygens (including phenoxy) is 1. The minimum atomic E-state index is -1.70. The van der Waals surface area contributed by atoms with Crippen LogP contribution in [0.1, 0.15) is 103 Å². The van der Waals surface area contributed by atoms with Crippen LogP contribution in [0.15, 0.2) is 12.2 Å². The standard InChI is InChI=1S/C28H55NO7/c1-3-4-5-6-7-8-9-10-11-12-13-14-15-16-17-19-26(33)29(20-18-21-36-2)22-24(31)27(34)28(35)25(32)23-30/h10-11,24-25,27-28,30-32,34-35H,3-9,12-23H2,1-2H3/t24-,25+,27+,28+/m0/s1. The maximum atomic E-state index is 12.7. The predicted octanol–water partition coefficient (Wildman–Crippen LogP) is 3.32. The molecule has 0 aliphatic heterocycles. The minimum absolute atomic E-state index is 0.118. The van der Waals surface area contributed by atoms with Crippen molar-refractivity contribution >= 4 is 5.91 Å². The third-order valence-electron chi connectivity index (χ3n) is 6.51. The monoisotopic (exact) mass is 517 g/mol. The molecule has 0 aliphatic carbocycles. The molecule has 0 bridgehead atoms. The topological polar surface area (TPSA) is 131 Å². The lowest BCUT2D eigenvalue weighted by molar-refractivity contribution is -0.140. The Kier molecular flexibility index (Phi) is 23.6. The van der Waals surface area contributed by atoms with Crippen LogP contribution in [0.25, 0.3) is 0 Å². The lowest BCUT2D eigenvalue weighted by Gasteiger charge is -2.30. The van der Waals surface area contributed by atoms with Crippen molar-refractivity contribution in [1.82, 2.24) is 4.90 Å². The van der Waals surface area contributed by atoms with E-state index in [2.05, 4.69) is 19.1 Å². The number of allylic oxidation sites excluding steroid dienone is 2. The number of hydrogen-bond acceptors (Lipinski definition) is 7. The maximum Gasteiger partial charge on any atom is 0.222 e. The molecule has 1 amide bonds. The molecule has 5 N–H and O–H groups in total. The van der Waals surface area contributed by atoms with Crippen LogP contribution in [0, 0.1) is 0 Å². The van der Waals surface area contributed by atoms with Gasteiger partial charge in [0, 0.05) is 33.2 Å². The van der Waals surface area contributed by atoms with Gasteiger partial charge in [-0.1, -0.05) is 70.4 Å². The molecule has 0 aromatic heterocycles. The summed E-state index contributed by atoms with van der Waals surface area (Å²) in [5.74, 6) is -0.118. The van der Waals surface area contributed by atoms with Crippen molar-refractivity contribution < 1.29 is 35.1 Å². The van der Waals surface area contributed by atoms with Crippen molar-refractivity contribution in [3.63, 3.8) is 0 Å². The number of methoxy groups -OCH3 is 1. The van der Waals surface area contributed by atoms with E-state index in [4.69, 9.17) is 9.84 Å². The van der Waals surface area contributed by atoms with Gasteiger partial charge in [-0.15, -0.1) is 0 Å². The van der Waals surface area contributed by atoms with E-state index in [-0.39, 0.29) is 12.5 Å². The molecular formula is C28H55NO7. The van der Waals surface area contributed by atoms with E-state index in [1.165, 1.54) is 49.8 Å². The molecule has 8 nitrogen and oxygen atoms in total. The Balaban J connectivity index is 4.14. The van der Waals surface area contributed by atoms with Crippen LogP contribution < -0.4 is 0 Å². The van der Waals surface area contributed by atoms with Gasteiger partial charge < -0.3 is 35.2 Å². The molecule has 36 heavy (non-hydrogen) atoms. The number of hydrogen-bond donors (Lipinski definition) is 5. The van der Waals surface area contributed by atoms with Crippen molar-refractivity contribution in [2.75, 3.05) is 33.4 Å². The van der Waals surface area contributed by atoms with Crippen LogP contribution in [-0.2, 0) is 9.53 Å². The van der Waals surface area contributed by atoms with Gasteiger partial charge in [-0.3, -0.25) is 4.79 Å². The SMILES string of the molecule is CCCCCCCCC=CCCCCCCCC(=O)N(CCCOC)C[C@H](O)[C@@H](O)[C@H](O)[C@H](O)CO. The van der Waals surface area contributed by atoms with Gasteiger partial charge in [0.15, 0.2) is 0 Å². The predicted molar refractivity (Wildman–Crippen MR) is 144 cm³/mol. The van der Waals surface area contributed by atoms with Crippen LogP contribution in [0.3, 0.4) is 0 Å². The van der Waals surface area contributed by atoms with Crippen molar-refractivity contribution in [2.45, 2.75) is 128 Å². The third-order valence-corrected chi connectivity index (χ3v) is 6.51. The number of rotatable bonds is 25. The van der Waals surface area contributed by atoms with Gasteiger partial charge in [-0.2, -0.15) is 0 Å². The number of nitrogens with zero attached hydrogens (tertiary/aromatic N) is 1. The van der Waals surface area contributed by atoms with Crippen LogP contribution in [0.5, 0.6) is 0 Å². The zero-order valence-corrected chi connectivity index (χ0v) is 22.9. The second-order valence-corrected chi connectivity index (χ2v) is 9.82. The summed E-state index contributed by atoms with van der Waals surface area (Å²) in [5, 5.41) is 48.6. The summed E-state index contributed by atoms with van der Waals surface area (Å²) in [4.78, 5) is 14.2. The van der Waals surface area contributed by atoms with E-state index in [1.807, 2.05) is 0 Å². The number of unbranched alkanes of at least 4 members (excludes halogenated alkanes) is 11. The largest absolute Gasteiger partial charge is 0.394 e. The second-order valence-electron chi connectivity index (χ2n) is 9.82. The van der Waals surface area contributed by atoms with E-state index in [0.717, 1.165) is 38.5 Å². The molecule has 0 saturated heterocycles. The molecule has 0 aliphatic rings. The Bertz CT molecular complexity index is 532. The quantitative estimate of drug-likeness (QED) is 0.0927. The maximum absolute atomic E-state index is 12.7. The summed E-state index contributed by atoms with van der Waals surface area (Å²) in [6, 6.07) is 0. The highest BCUT2D eigenvalue weighted by Crippen LogP contribution is 2.13. The van der Waals surface area contributed by atoms with Crippen LogP contribution >= 0.6 is 0 Å². The Hall–Kier alpha value is -1.03. The highest BCUT2D eigenvalue weighted by molar-refractivity contribution is 5.76. The zero-order valence-electron chi connectivity index (χ0n) is 22.9. The summed E-state index contributed by atoms with van der Waals surface area (Å²) in [5.41, 5.74) is 0. The molecular weight excluding hydrogens is 462 g/mol. The first-order valence-electron chi connectivity index (χ1n) is 14.1. The van der Waals surface area contributed by atoms with Crippen LogP contribution in [-0.4, -0.2) is 94.2 Å². The first kappa shape index (κ1) is 35.0. The lowest BCUT2D eigenvalue weighted by Crippen LogP contribution is -2.50. The van der Waals surface area contributed by atoms with Gasteiger partial charge in [0.05, 0.1) is 6.61 Å². The summed E-state index contributed by atoms with van der Waals surface area (Å²) < 4.78 is 5.04. The molecule has 0 spiro atoms. The minimum Gasteiger partial charge on any atom is -0.394 e. The molecule has 0 saturated carbocycles. The number of amides is 1. The Morgan fingerprint density at radius 3 is 1.86 bits per heavy atom. The van der Waals surface area contributed by atoms with Crippen molar-refractivity contribution in [1.29, 1.82) is 0 Å². The van der Waals surface area contributed by atoms with E-state index < -0.39 is 31.0 Å². The molecule has 0 heterocycles. The average molecular weight is 518 g/mol. The van der Waals surface area contributed by atoms with Gasteiger partial charge in [-0.05, 0) is 38.5 Å². The molecule has 0 aromatic carbocycles. The molecule has 0 aromatic rings. The van der Waals surface area contributed by atoms with Gasteiger partial charge in [0.1, 0.15) is 24.4 Å². The Labute approximate surface area is 219 Å². The molecule has 8 heteroatoms. The Morgan fingerprint density at radius 1 is 0.778 bits per heavy atom. The van der Waals surface area contributed by atoms with E-state index in [9.17, 15) is 25.2 Å². The first-order valence-corrected chi connectivity index (χ1v) is 14.1. The van der Waals surface area contributed by atoms with E-state index in [1.54, 1.807) is 7.11 Å². The summed E-state index contributed by atoms with van der Waals surface area (Å²) >= 11 is 0. The van der Waals surface area contributed by atoms with E-state index in [0.29, 0.717) is 26.0 Å². The van der Waals surface area contributed by atoms with Crippen molar-refractivity contribution in [3.05, 3.63) is 12.2 Å². The average Bonchev–Trinajstić information content (AvgIpc) is 2.88. The number of aliphatic hydroxyl groups excluding tert-OH is 5. The molecule has 0 radical (unpaired) electrons.